The number of pyridine rings is 1. The summed E-state index contributed by atoms with van der Waals surface area (Å²) >= 11 is 0. The fraction of sp³-hybridized carbons (Fsp3) is 0.455. The first-order valence-corrected chi connectivity index (χ1v) is 5.22. The Morgan fingerprint density at radius 3 is 2.78 bits per heavy atom. The summed E-state index contributed by atoms with van der Waals surface area (Å²) < 4.78 is 40.5. The molecule has 4 nitrogen and oxygen atoms in total. The molecule has 1 aromatic heterocycles. The summed E-state index contributed by atoms with van der Waals surface area (Å²) in [7, 11) is 0. The first kappa shape index (κ1) is 14.4. The maximum atomic E-state index is 11.8. The van der Waals surface area contributed by atoms with Crippen molar-refractivity contribution in [1.82, 2.24) is 4.98 Å². The molecule has 100 valence electrons. The molecule has 0 spiro atoms. The molecule has 0 bridgehead atoms. The number of aromatic carboxylic acids is 1. The Morgan fingerprint density at radius 2 is 2.17 bits per heavy atom. The van der Waals surface area contributed by atoms with Gasteiger partial charge in [-0.25, -0.2) is 9.78 Å². The lowest BCUT2D eigenvalue weighted by Gasteiger charge is -2.08. The average Bonchev–Trinajstić information content (AvgIpc) is 2.27. The Kier molecular flexibility index (Phi) is 5.08. The van der Waals surface area contributed by atoms with Gasteiger partial charge in [0.1, 0.15) is 0 Å². The number of aromatic nitrogens is 1. The van der Waals surface area contributed by atoms with Crippen LogP contribution in [0.2, 0.25) is 0 Å². The second-order valence-corrected chi connectivity index (χ2v) is 3.59. The van der Waals surface area contributed by atoms with Gasteiger partial charge in [0.15, 0.2) is 5.69 Å². The van der Waals surface area contributed by atoms with Crippen molar-refractivity contribution in [1.29, 1.82) is 0 Å². The molecule has 18 heavy (non-hydrogen) atoms. The van der Waals surface area contributed by atoms with Crippen LogP contribution in [0, 0.1) is 0 Å². The van der Waals surface area contributed by atoms with Crippen LogP contribution in [0.15, 0.2) is 18.3 Å². The molecule has 1 N–H and O–H groups in total. The van der Waals surface area contributed by atoms with Crippen LogP contribution < -0.4 is 0 Å². The van der Waals surface area contributed by atoms with Crippen LogP contribution in [0.3, 0.4) is 0 Å². The normalized spacial score (nSPS) is 11.5. The zero-order valence-corrected chi connectivity index (χ0v) is 9.41. The number of hydrogen-bond acceptors (Lipinski definition) is 3. The minimum absolute atomic E-state index is 0.0622. The molecule has 1 rings (SSSR count). The highest BCUT2D eigenvalue weighted by molar-refractivity contribution is 5.86. The van der Waals surface area contributed by atoms with Crippen molar-refractivity contribution in [3.05, 3.63) is 29.6 Å². The number of halogens is 3. The second kappa shape index (κ2) is 6.34. The minimum Gasteiger partial charge on any atom is -0.477 e. The molecule has 0 aromatic carbocycles. The van der Waals surface area contributed by atoms with E-state index < -0.39 is 18.6 Å². The predicted octanol–water partition coefficient (Wildman–Crippen LogP) is 2.64. The quantitative estimate of drug-likeness (QED) is 0.801. The summed E-state index contributed by atoms with van der Waals surface area (Å²) in [6, 6.07) is 3.06. The summed E-state index contributed by atoms with van der Waals surface area (Å²) in [5.74, 6) is -1.19. The molecule has 0 unspecified atom stereocenters. The maximum absolute atomic E-state index is 11.8. The van der Waals surface area contributed by atoms with Gasteiger partial charge in [-0.2, -0.15) is 13.2 Å². The molecule has 0 saturated carbocycles. The van der Waals surface area contributed by atoms with Gasteiger partial charge in [-0.1, -0.05) is 6.07 Å². The van der Waals surface area contributed by atoms with Gasteiger partial charge >= 0.3 is 12.1 Å². The summed E-state index contributed by atoms with van der Waals surface area (Å²) in [6.07, 6.45) is -3.92. The molecule has 0 fully saturated rings. The fourth-order valence-electron chi connectivity index (χ4n) is 1.30. The van der Waals surface area contributed by atoms with Gasteiger partial charge in [-0.05, 0) is 12.5 Å². The van der Waals surface area contributed by atoms with E-state index in [4.69, 9.17) is 9.84 Å². The highest BCUT2D eigenvalue weighted by Gasteiger charge is 2.25. The first-order valence-electron chi connectivity index (χ1n) is 5.22. The third kappa shape index (κ3) is 5.13. The Bertz CT molecular complexity index is 407. The van der Waals surface area contributed by atoms with E-state index in [0.717, 1.165) is 0 Å². The van der Waals surface area contributed by atoms with Gasteiger partial charge in [0.05, 0.1) is 6.61 Å². The van der Waals surface area contributed by atoms with Gasteiger partial charge in [0.25, 0.3) is 0 Å². The van der Waals surface area contributed by atoms with E-state index in [9.17, 15) is 18.0 Å². The second-order valence-electron chi connectivity index (χ2n) is 3.59. The van der Waals surface area contributed by atoms with E-state index in [-0.39, 0.29) is 25.3 Å². The number of carboxylic acids is 1. The van der Waals surface area contributed by atoms with Crippen LogP contribution in [-0.4, -0.2) is 28.8 Å². The lowest BCUT2D eigenvalue weighted by Crippen LogP contribution is -2.10. The number of nitrogens with zero attached hydrogens (tertiary/aromatic N) is 1. The minimum atomic E-state index is -4.19. The maximum Gasteiger partial charge on any atom is 0.389 e. The summed E-state index contributed by atoms with van der Waals surface area (Å²) in [5, 5.41) is 8.81. The molecule has 0 amide bonds. The van der Waals surface area contributed by atoms with Gasteiger partial charge in [0, 0.05) is 24.8 Å². The predicted molar refractivity (Wildman–Crippen MR) is 56.1 cm³/mol. The number of carboxylic acid groups (broad SMARTS) is 1. The van der Waals surface area contributed by atoms with Gasteiger partial charge < -0.3 is 9.84 Å². The van der Waals surface area contributed by atoms with E-state index in [2.05, 4.69) is 4.98 Å². The number of hydrogen-bond donors (Lipinski definition) is 1. The third-order valence-corrected chi connectivity index (χ3v) is 2.10. The number of carbonyl (C=O) groups is 1. The monoisotopic (exact) mass is 263 g/mol. The van der Waals surface area contributed by atoms with E-state index in [1.807, 2.05) is 0 Å². The molecule has 0 radical (unpaired) electrons. The molecule has 0 aliphatic carbocycles. The largest absolute Gasteiger partial charge is 0.477 e. The summed E-state index contributed by atoms with van der Waals surface area (Å²) in [4.78, 5) is 14.4. The van der Waals surface area contributed by atoms with Gasteiger partial charge in [-0.15, -0.1) is 0 Å². The van der Waals surface area contributed by atoms with Crippen molar-refractivity contribution in [2.75, 3.05) is 6.61 Å². The van der Waals surface area contributed by atoms with Crippen LogP contribution in [-0.2, 0) is 11.3 Å². The molecular formula is C11H12F3NO3. The van der Waals surface area contributed by atoms with E-state index in [0.29, 0.717) is 5.56 Å². The van der Waals surface area contributed by atoms with Crippen molar-refractivity contribution in [3.8, 4) is 0 Å². The molecule has 0 atom stereocenters. The Labute approximate surface area is 101 Å². The summed E-state index contributed by atoms with van der Waals surface area (Å²) in [6.45, 7) is -0.138. The van der Waals surface area contributed by atoms with Crippen LogP contribution in [0.5, 0.6) is 0 Å². The summed E-state index contributed by atoms with van der Waals surface area (Å²) in [5.41, 5.74) is 0.199. The molecule has 1 aromatic rings. The third-order valence-electron chi connectivity index (χ3n) is 2.10. The number of rotatable bonds is 6. The van der Waals surface area contributed by atoms with Crippen LogP contribution in [0.25, 0.3) is 0 Å². The van der Waals surface area contributed by atoms with Crippen molar-refractivity contribution in [2.45, 2.75) is 25.6 Å². The molecule has 7 heteroatoms. The Morgan fingerprint density at radius 1 is 1.44 bits per heavy atom. The molecule has 1 heterocycles. The zero-order chi connectivity index (χ0) is 13.6. The zero-order valence-electron chi connectivity index (χ0n) is 9.41. The molecular weight excluding hydrogens is 251 g/mol. The van der Waals surface area contributed by atoms with Gasteiger partial charge in [0.2, 0.25) is 0 Å². The smallest absolute Gasteiger partial charge is 0.389 e. The van der Waals surface area contributed by atoms with Crippen LogP contribution >= 0.6 is 0 Å². The molecule has 0 saturated heterocycles. The fourth-order valence-corrected chi connectivity index (χ4v) is 1.30. The Balaban J connectivity index is 2.38. The number of alkyl halides is 3. The van der Waals surface area contributed by atoms with Crippen molar-refractivity contribution >= 4 is 5.97 Å². The van der Waals surface area contributed by atoms with Crippen LogP contribution in [0.1, 0.15) is 28.9 Å². The lowest BCUT2D eigenvalue weighted by atomic mass is 10.2. The standard InChI is InChI=1S/C11H12F3NO3/c12-11(13,14)4-2-6-18-7-8-3-1-5-15-9(8)10(16)17/h1,3,5H,2,4,6-7H2,(H,16,17). The van der Waals surface area contributed by atoms with E-state index in [1.54, 1.807) is 6.07 Å². The SMILES string of the molecule is O=C(O)c1ncccc1COCCCC(F)(F)F. The van der Waals surface area contributed by atoms with E-state index >= 15 is 0 Å². The topological polar surface area (TPSA) is 59.4 Å². The van der Waals surface area contributed by atoms with E-state index in [1.165, 1.54) is 12.3 Å². The molecule has 0 aliphatic heterocycles. The Hall–Kier alpha value is -1.63. The lowest BCUT2D eigenvalue weighted by molar-refractivity contribution is -0.138. The highest BCUT2D eigenvalue weighted by atomic mass is 19.4. The van der Waals surface area contributed by atoms with Crippen LogP contribution in [0.4, 0.5) is 13.2 Å². The number of ether oxygens (including phenoxy) is 1. The van der Waals surface area contributed by atoms with Crippen molar-refractivity contribution in [2.24, 2.45) is 0 Å². The highest BCUT2D eigenvalue weighted by Crippen LogP contribution is 2.21. The van der Waals surface area contributed by atoms with Gasteiger partial charge in [-0.3, -0.25) is 0 Å². The van der Waals surface area contributed by atoms with Crippen molar-refractivity contribution < 1.29 is 27.8 Å². The average molecular weight is 263 g/mol. The first-order chi connectivity index (χ1) is 8.40. The molecule has 0 aliphatic rings. The van der Waals surface area contributed by atoms with Crippen molar-refractivity contribution in [3.63, 3.8) is 0 Å².